The van der Waals surface area contributed by atoms with Gasteiger partial charge in [-0.3, -0.25) is 9.69 Å². The molecular weight excluding hydrogens is 347 g/mol. The number of benzene rings is 2. The number of urea groups is 1. The lowest BCUT2D eigenvalue weighted by molar-refractivity contribution is -0.125. The summed E-state index contributed by atoms with van der Waals surface area (Å²) in [4.78, 5) is 27.6. The van der Waals surface area contributed by atoms with Crippen LogP contribution in [-0.4, -0.2) is 30.9 Å². The van der Waals surface area contributed by atoms with Crippen LogP contribution in [0.1, 0.15) is 17.2 Å². The normalized spacial score (nSPS) is 16.5. The lowest BCUT2D eigenvalue weighted by atomic mass is 9.99. The number of nitrogens with zero attached hydrogens (tertiary/aromatic N) is 2. The van der Waals surface area contributed by atoms with Crippen LogP contribution in [0, 0.1) is 17.5 Å². The van der Waals surface area contributed by atoms with Crippen LogP contribution < -0.4 is 10.2 Å². The molecule has 0 spiro atoms. The SMILES string of the molecule is CN1C(=O)N(C)C(C(=O)NCc2c(F)cc(F)cc2F)c2ccccc21. The Bertz CT molecular complexity index is 865. The molecule has 5 nitrogen and oxygen atoms in total. The Morgan fingerprint density at radius 2 is 1.73 bits per heavy atom. The standard InChI is InChI=1S/C18H16F3N3O2/c1-23-15-6-4-3-5-11(15)16(24(2)18(23)26)17(25)22-9-12-13(20)7-10(19)8-14(12)21/h3-8,16H,9H2,1-2H3,(H,22,25). The van der Waals surface area contributed by atoms with Crippen LogP contribution in [0.2, 0.25) is 0 Å². The van der Waals surface area contributed by atoms with Gasteiger partial charge >= 0.3 is 6.03 Å². The maximum absolute atomic E-state index is 13.7. The van der Waals surface area contributed by atoms with E-state index >= 15 is 0 Å². The number of fused-ring (bicyclic) bond motifs is 1. The number of carbonyl (C=O) groups excluding carboxylic acids is 2. The van der Waals surface area contributed by atoms with Crippen LogP contribution in [0.4, 0.5) is 23.7 Å². The number of carbonyl (C=O) groups is 2. The minimum Gasteiger partial charge on any atom is -0.350 e. The fourth-order valence-electron chi connectivity index (χ4n) is 3.01. The molecule has 0 saturated carbocycles. The van der Waals surface area contributed by atoms with Gasteiger partial charge < -0.3 is 10.2 Å². The number of hydrogen-bond donors (Lipinski definition) is 1. The van der Waals surface area contributed by atoms with Crippen molar-refractivity contribution in [3.8, 4) is 0 Å². The van der Waals surface area contributed by atoms with Crippen molar-refractivity contribution in [1.82, 2.24) is 10.2 Å². The van der Waals surface area contributed by atoms with Crippen molar-refractivity contribution in [2.75, 3.05) is 19.0 Å². The van der Waals surface area contributed by atoms with Gasteiger partial charge in [0, 0.05) is 43.9 Å². The molecule has 0 aromatic heterocycles. The van der Waals surface area contributed by atoms with Crippen LogP contribution in [0.15, 0.2) is 36.4 Å². The summed E-state index contributed by atoms with van der Waals surface area (Å²) in [6.07, 6.45) is 0. The molecular formula is C18H16F3N3O2. The van der Waals surface area contributed by atoms with Crippen molar-refractivity contribution < 1.29 is 22.8 Å². The molecule has 1 heterocycles. The largest absolute Gasteiger partial charge is 0.350 e. The highest BCUT2D eigenvalue weighted by molar-refractivity contribution is 6.00. The number of para-hydroxylation sites is 1. The Morgan fingerprint density at radius 3 is 2.38 bits per heavy atom. The van der Waals surface area contributed by atoms with Gasteiger partial charge in [-0.1, -0.05) is 18.2 Å². The number of halogens is 3. The molecule has 1 aliphatic heterocycles. The van der Waals surface area contributed by atoms with E-state index in [1.54, 1.807) is 31.3 Å². The van der Waals surface area contributed by atoms with E-state index in [4.69, 9.17) is 0 Å². The first-order chi connectivity index (χ1) is 12.3. The highest BCUT2D eigenvalue weighted by Crippen LogP contribution is 2.35. The van der Waals surface area contributed by atoms with Gasteiger partial charge in [0.1, 0.15) is 23.5 Å². The Balaban J connectivity index is 1.86. The Morgan fingerprint density at radius 1 is 1.12 bits per heavy atom. The number of amides is 3. The molecule has 3 rings (SSSR count). The van der Waals surface area contributed by atoms with Gasteiger partial charge in [-0.25, -0.2) is 18.0 Å². The molecule has 2 aromatic carbocycles. The molecule has 2 aromatic rings. The molecule has 0 saturated heterocycles. The number of anilines is 1. The van der Waals surface area contributed by atoms with E-state index in [2.05, 4.69) is 5.32 Å². The molecule has 8 heteroatoms. The third kappa shape index (κ3) is 2.98. The summed E-state index contributed by atoms with van der Waals surface area (Å²) in [6, 6.07) is 6.65. The van der Waals surface area contributed by atoms with Crippen LogP contribution in [0.3, 0.4) is 0 Å². The molecule has 1 aliphatic rings. The third-order valence-electron chi connectivity index (χ3n) is 4.36. The lowest BCUT2D eigenvalue weighted by Gasteiger charge is -2.38. The molecule has 0 radical (unpaired) electrons. The van der Waals surface area contributed by atoms with Gasteiger partial charge in [-0.05, 0) is 6.07 Å². The van der Waals surface area contributed by atoms with E-state index in [0.29, 0.717) is 23.4 Å². The van der Waals surface area contributed by atoms with Crippen molar-refractivity contribution in [3.05, 3.63) is 65.0 Å². The Hall–Kier alpha value is -3.03. The van der Waals surface area contributed by atoms with Crippen LogP contribution >= 0.6 is 0 Å². The molecule has 1 unspecified atom stereocenters. The molecule has 3 amide bonds. The number of hydrogen-bond acceptors (Lipinski definition) is 2. The van der Waals surface area contributed by atoms with Crippen molar-refractivity contribution in [2.24, 2.45) is 0 Å². The van der Waals surface area contributed by atoms with Crippen molar-refractivity contribution >= 4 is 17.6 Å². The van der Waals surface area contributed by atoms with E-state index < -0.39 is 41.5 Å². The number of rotatable bonds is 3. The Labute approximate surface area is 148 Å². The van der Waals surface area contributed by atoms with Gasteiger partial charge in [0.15, 0.2) is 0 Å². The summed E-state index contributed by atoms with van der Waals surface area (Å²) in [6.45, 7) is -0.465. The van der Waals surface area contributed by atoms with Crippen molar-refractivity contribution in [3.63, 3.8) is 0 Å². The molecule has 0 aliphatic carbocycles. The smallest absolute Gasteiger partial charge is 0.324 e. The molecule has 0 fully saturated rings. The van der Waals surface area contributed by atoms with Crippen molar-refractivity contribution in [2.45, 2.75) is 12.6 Å². The minimum atomic E-state index is -1.09. The van der Waals surface area contributed by atoms with Crippen LogP contribution in [0.5, 0.6) is 0 Å². The van der Waals surface area contributed by atoms with E-state index in [9.17, 15) is 22.8 Å². The predicted molar refractivity (Wildman–Crippen MR) is 88.9 cm³/mol. The van der Waals surface area contributed by atoms with Gasteiger partial charge in [0.05, 0.1) is 5.69 Å². The molecule has 26 heavy (non-hydrogen) atoms. The summed E-state index contributed by atoms with van der Waals surface area (Å²) in [5.41, 5.74) is 0.722. The highest BCUT2D eigenvalue weighted by Gasteiger charge is 2.37. The lowest BCUT2D eigenvalue weighted by Crippen LogP contribution is -2.50. The first-order valence-electron chi connectivity index (χ1n) is 7.82. The third-order valence-corrected chi connectivity index (χ3v) is 4.36. The predicted octanol–water partition coefficient (Wildman–Crippen LogP) is 2.96. The van der Waals surface area contributed by atoms with E-state index in [0.717, 1.165) is 0 Å². The average Bonchev–Trinajstić information content (AvgIpc) is 2.59. The van der Waals surface area contributed by atoms with Gasteiger partial charge in [0.2, 0.25) is 5.91 Å². The maximum Gasteiger partial charge on any atom is 0.324 e. The summed E-state index contributed by atoms with van der Waals surface area (Å²) in [7, 11) is 3.06. The monoisotopic (exact) mass is 363 g/mol. The fourth-order valence-corrected chi connectivity index (χ4v) is 3.01. The van der Waals surface area contributed by atoms with Crippen LogP contribution in [0.25, 0.3) is 0 Å². The quantitative estimate of drug-likeness (QED) is 0.912. The zero-order valence-corrected chi connectivity index (χ0v) is 14.1. The van der Waals surface area contributed by atoms with E-state index in [1.807, 2.05) is 0 Å². The Kier molecular flexibility index (Phi) is 4.58. The van der Waals surface area contributed by atoms with Crippen molar-refractivity contribution in [1.29, 1.82) is 0 Å². The van der Waals surface area contributed by atoms with E-state index in [-0.39, 0.29) is 6.03 Å². The number of nitrogens with one attached hydrogen (secondary N) is 1. The summed E-state index contributed by atoms with van der Waals surface area (Å²) in [5, 5.41) is 2.42. The first kappa shape index (κ1) is 17.8. The first-order valence-corrected chi connectivity index (χ1v) is 7.82. The van der Waals surface area contributed by atoms with Gasteiger partial charge in [-0.2, -0.15) is 0 Å². The highest BCUT2D eigenvalue weighted by atomic mass is 19.1. The fraction of sp³-hybridized carbons (Fsp3) is 0.222. The maximum atomic E-state index is 13.7. The second kappa shape index (κ2) is 6.70. The minimum absolute atomic E-state index is 0.386. The molecule has 1 atom stereocenters. The second-order valence-corrected chi connectivity index (χ2v) is 5.98. The zero-order chi connectivity index (χ0) is 19.0. The summed E-state index contributed by atoms with van der Waals surface area (Å²) in [5.74, 6) is -3.80. The number of likely N-dealkylation sites (N-methyl/N-ethyl adjacent to an activating group) is 1. The van der Waals surface area contributed by atoms with E-state index in [1.165, 1.54) is 16.8 Å². The topological polar surface area (TPSA) is 52.7 Å². The second-order valence-electron chi connectivity index (χ2n) is 5.98. The van der Waals surface area contributed by atoms with Crippen LogP contribution in [-0.2, 0) is 11.3 Å². The van der Waals surface area contributed by atoms with Gasteiger partial charge in [0.25, 0.3) is 0 Å². The molecule has 0 bridgehead atoms. The zero-order valence-electron chi connectivity index (χ0n) is 14.1. The molecule has 1 N–H and O–H groups in total. The summed E-state index contributed by atoms with van der Waals surface area (Å²) < 4.78 is 40.4. The average molecular weight is 363 g/mol. The van der Waals surface area contributed by atoms with Gasteiger partial charge in [-0.15, -0.1) is 0 Å². The molecule has 136 valence electrons. The summed E-state index contributed by atoms with van der Waals surface area (Å²) >= 11 is 0.